The van der Waals surface area contributed by atoms with Crippen molar-refractivity contribution >= 4 is 21.6 Å². The van der Waals surface area contributed by atoms with E-state index in [1.807, 2.05) is 24.5 Å². The fourth-order valence-electron chi connectivity index (χ4n) is 1.68. The maximum absolute atomic E-state index is 8.81. The Balaban J connectivity index is 1.95. The zero-order valence-corrected chi connectivity index (χ0v) is 11.8. The molecule has 0 amide bonds. The molecule has 0 aliphatic carbocycles. The number of aliphatic hydroxyl groups excluding tert-OH is 1. The van der Waals surface area contributed by atoms with Gasteiger partial charge in [-0.05, 0) is 30.7 Å². The third kappa shape index (κ3) is 3.34. The van der Waals surface area contributed by atoms with Crippen LogP contribution in [-0.4, -0.2) is 21.5 Å². The average Bonchev–Trinajstić information content (AvgIpc) is 2.79. The molecule has 0 aliphatic heterocycles. The second-order valence-electron chi connectivity index (χ2n) is 4.15. The van der Waals surface area contributed by atoms with Crippen LogP contribution in [0.3, 0.4) is 0 Å². The average molecular weight is 310 g/mol. The van der Waals surface area contributed by atoms with E-state index in [2.05, 4.69) is 39.3 Å². The van der Waals surface area contributed by atoms with Crippen LogP contribution in [0.4, 0.5) is 5.69 Å². The van der Waals surface area contributed by atoms with E-state index in [9.17, 15) is 0 Å². The molecule has 0 atom stereocenters. The molecule has 96 valence electrons. The highest BCUT2D eigenvalue weighted by Crippen LogP contribution is 2.20. The summed E-state index contributed by atoms with van der Waals surface area (Å²) in [5.74, 6) is 0. The highest BCUT2D eigenvalue weighted by Gasteiger charge is 2.00. The van der Waals surface area contributed by atoms with Crippen LogP contribution in [0.25, 0.3) is 0 Å². The lowest BCUT2D eigenvalue weighted by Gasteiger charge is -2.06. The van der Waals surface area contributed by atoms with Crippen molar-refractivity contribution in [3.05, 3.63) is 46.2 Å². The molecule has 18 heavy (non-hydrogen) atoms. The van der Waals surface area contributed by atoms with E-state index in [0.717, 1.165) is 22.3 Å². The number of nitrogens with one attached hydrogen (secondary N) is 1. The number of hydrogen-bond donors (Lipinski definition) is 2. The van der Waals surface area contributed by atoms with E-state index in [0.29, 0.717) is 6.54 Å². The molecular weight excluding hydrogens is 294 g/mol. The topological polar surface area (TPSA) is 50.1 Å². The molecule has 0 bridgehead atoms. The third-order valence-electron chi connectivity index (χ3n) is 2.67. The minimum absolute atomic E-state index is 0.112. The molecule has 0 unspecified atom stereocenters. The summed E-state index contributed by atoms with van der Waals surface area (Å²) >= 11 is 3.48. The van der Waals surface area contributed by atoms with Gasteiger partial charge in [-0.15, -0.1) is 0 Å². The molecule has 0 saturated carbocycles. The lowest BCUT2D eigenvalue weighted by molar-refractivity contribution is 0.269. The molecule has 0 saturated heterocycles. The SMILES string of the molecule is Cc1cc(NCc2cnn(CCO)c2)ccc1Br. The number of hydrogen-bond acceptors (Lipinski definition) is 3. The fraction of sp³-hybridized carbons (Fsp3) is 0.308. The summed E-state index contributed by atoms with van der Waals surface area (Å²) in [4.78, 5) is 0. The number of benzene rings is 1. The van der Waals surface area contributed by atoms with Crippen molar-refractivity contribution in [2.75, 3.05) is 11.9 Å². The van der Waals surface area contributed by atoms with Crippen LogP contribution in [0.5, 0.6) is 0 Å². The van der Waals surface area contributed by atoms with Gasteiger partial charge in [-0.3, -0.25) is 4.68 Å². The highest BCUT2D eigenvalue weighted by atomic mass is 79.9. The van der Waals surface area contributed by atoms with Crippen molar-refractivity contribution in [1.82, 2.24) is 9.78 Å². The Kier molecular flexibility index (Phi) is 4.38. The van der Waals surface area contributed by atoms with Gasteiger partial charge in [0.05, 0.1) is 19.3 Å². The predicted molar refractivity (Wildman–Crippen MR) is 75.5 cm³/mol. The highest BCUT2D eigenvalue weighted by molar-refractivity contribution is 9.10. The van der Waals surface area contributed by atoms with Gasteiger partial charge in [0, 0.05) is 28.5 Å². The molecule has 0 radical (unpaired) electrons. The van der Waals surface area contributed by atoms with Crippen LogP contribution in [-0.2, 0) is 13.1 Å². The minimum Gasteiger partial charge on any atom is -0.394 e. The molecule has 1 aromatic heterocycles. The summed E-state index contributed by atoms with van der Waals surface area (Å²) in [7, 11) is 0. The molecule has 0 fully saturated rings. The first-order valence-corrected chi connectivity index (χ1v) is 6.60. The Morgan fingerprint density at radius 2 is 2.28 bits per heavy atom. The summed E-state index contributed by atoms with van der Waals surface area (Å²) in [6.45, 7) is 3.44. The number of aromatic nitrogens is 2. The first-order valence-electron chi connectivity index (χ1n) is 5.81. The number of anilines is 1. The third-order valence-corrected chi connectivity index (χ3v) is 3.56. The van der Waals surface area contributed by atoms with Gasteiger partial charge in [0.15, 0.2) is 0 Å². The molecule has 4 nitrogen and oxygen atoms in total. The van der Waals surface area contributed by atoms with Gasteiger partial charge in [-0.2, -0.15) is 5.10 Å². The smallest absolute Gasteiger partial charge is 0.0640 e. The van der Waals surface area contributed by atoms with Gasteiger partial charge in [-0.25, -0.2) is 0 Å². The number of rotatable bonds is 5. The fourth-order valence-corrected chi connectivity index (χ4v) is 1.93. The Hall–Kier alpha value is -1.33. The number of nitrogens with zero attached hydrogens (tertiary/aromatic N) is 2. The van der Waals surface area contributed by atoms with Gasteiger partial charge in [0.25, 0.3) is 0 Å². The monoisotopic (exact) mass is 309 g/mol. The Labute approximate surface area is 115 Å². The van der Waals surface area contributed by atoms with Crippen LogP contribution in [0.1, 0.15) is 11.1 Å². The Bertz CT molecular complexity index is 525. The molecule has 2 rings (SSSR count). The molecule has 5 heteroatoms. The van der Waals surface area contributed by atoms with E-state index in [1.54, 1.807) is 4.68 Å². The van der Waals surface area contributed by atoms with Crippen molar-refractivity contribution in [3.8, 4) is 0 Å². The predicted octanol–water partition coefficient (Wildman–Crippen LogP) is 2.56. The van der Waals surface area contributed by atoms with Crippen LogP contribution in [0.15, 0.2) is 35.1 Å². The molecule has 2 aromatic rings. The molecular formula is C13H16BrN3O. The van der Waals surface area contributed by atoms with Gasteiger partial charge < -0.3 is 10.4 Å². The number of aliphatic hydroxyl groups is 1. The number of aryl methyl sites for hydroxylation is 1. The summed E-state index contributed by atoms with van der Waals surface area (Å²) in [5, 5.41) is 16.3. The lowest BCUT2D eigenvalue weighted by atomic mass is 10.2. The zero-order valence-electron chi connectivity index (χ0n) is 10.2. The van der Waals surface area contributed by atoms with Crippen molar-refractivity contribution in [2.24, 2.45) is 0 Å². The molecule has 1 aromatic carbocycles. The normalized spacial score (nSPS) is 10.6. The van der Waals surface area contributed by atoms with Crippen molar-refractivity contribution < 1.29 is 5.11 Å². The van der Waals surface area contributed by atoms with Crippen LogP contribution in [0, 0.1) is 6.92 Å². The van der Waals surface area contributed by atoms with Crippen molar-refractivity contribution in [2.45, 2.75) is 20.0 Å². The quantitative estimate of drug-likeness (QED) is 0.892. The van der Waals surface area contributed by atoms with E-state index >= 15 is 0 Å². The van der Waals surface area contributed by atoms with Crippen LogP contribution >= 0.6 is 15.9 Å². The van der Waals surface area contributed by atoms with Gasteiger partial charge in [-0.1, -0.05) is 15.9 Å². The largest absolute Gasteiger partial charge is 0.394 e. The maximum atomic E-state index is 8.81. The maximum Gasteiger partial charge on any atom is 0.0640 e. The molecule has 0 aliphatic rings. The Morgan fingerprint density at radius 3 is 3.00 bits per heavy atom. The summed E-state index contributed by atoms with van der Waals surface area (Å²) in [6, 6.07) is 6.17. The van der Waals surface area contributed by atoms with E-state index in [4.69, 9.17) is 5.11 Å². The van der Waals surface area contributed by atoms with Crippen molar-refractivity contribution in [1.29, 1.82) is 0 Å². The molecule has 0 spiro atoms. The first-order chi connectivity index (χ1) is 8.69. The molecule has 1 heterocycles. The standard InChI is InChI=1S/C13H16BrN3O/c1-10-6-12(2-3-13(10)14)15-7-11-8-16-17(9-11)4-5-18/h2-3,6,8-9,15,18H,4-5,7H2,1H3. The summed E-state index contributed by atoms with van der Waals surface area (Å²) in [5.41, 5.74) is 3.39. The van der Waals surface area contributed by atoms with Gasteiger partial charge in [0.1, 0.15) is 0 Å². The van der Waals surface area contributed by atoms with E-state index in [1.165, 1.54) is 5.56 Å². The summed E-state index contributed by atoms with van der Waals surface area (Å²) in [6.07, 6.45) is 3.75. The number of halogens is 1. The second kappa shape index (κ2) is 6.02. The Morgan fingerprint density at radius 1 is 1.44 bits per heavy atom. The van der Waals surface area contributed by atoms with Crippen LogP contribution in [0.2, 0.25) is 0 Å². The van der Waals surface area contributed by atoms with E-state index in [-0.39, 0.29) is 6.61 Å². The van der Waals surface area contributed by atoms with Gasteiger partial charge in [0.2, 0.25) is 0 Å². The summed E-state index contributed by atoms with van der Waals surface area (Å²) < 4.78 is 2.85. The van der Waals surface area contributed by atoms with Gasteiger partial charge >= 0.3 is 0 Å². The van der Waals surface area contributed by atoms with Crippen molar-refractivity contribution in [3.63, 3.8) is 0 Å². The first kappa shape index (κ1) is 13.1. The van der Waals surface area contributed by atoms with E-state index < -0.39 is 0 Å². The minimum atomic E-state index is 0.112. The van der Waals surface area contributed by atoms with Crippen LogP contribution < -0.4 is 5.32 Å². The second-order valence-corrected chi connectivity index (χ2v) is 5.01. The molecule has 2 N–H and O–H groups in total. The zero-order chi connectivity index (χ0) is 13.0. The lowest BCUT2D eigenvalue weighted by Crippen LogP contribution is -2.02.